The SMILES string of the molecule is Cc1ccc(CCC(=O)NC2CCCC2C(=O)O)cc1. The van der Waals surface area contributed by atoms with Crippen molar-refractivity contribution in [1.82, 2.24) is 5.32 Å². The highest BCUT2D eigenvalue weighted by Gasteiger charge is 2.33. The maximum atomic E-state index is 11.9. The Hall–Kier alpha value is -1.84. The first-order chi connectivity index (χ1) is 9.56. The van der Waals surface area contributed by atoms with E-state index in [1.54, 1.807) is 0 Å². The standard InChI is InChI=1S/C16H21NO3/c1-11-5-7-12(8-6-11)9-10-15(18)17-14-4-2-3-13(14)16(19)20/h5-8,13-14H,2-4,9-10H2,1H3,(H,17,18)(H,19,20). The number of carbonyl (C=O) groups excluding carboxylic acids is 1. The zero-order valence-corrected chi connectivity index (χ0v) is 11.8. The monoisotopic (exact) mass is 275 g/mol. The third-order valence-corrected chi connectivity index (χ3v) is 3.94. The number of hydrogen-bond acceptors (Lipinski definition) is 2. The van der Waals surface area contributed by atoms with E-state index < -0.39 is 11.9 Å². The van der Waals surface area contributed by atoms with Gasteiger partial charge < -0.3 is 10.4 Å². The number of carboxylic acids is 1. The quantitative estimate of drug-likeness (QED) is 0.866. The van der Waals surface area contributed by atoms with Crippen LogP contribution in [-0.4, -0.2) is 23.0 Å². The minimum atomic E-state index is -0.800. The van der Waals surface area contributed by atoms with Gasteiger partial charge in [-0.15, -0.1) is 0 Å². The van der Waals surface area contributed by atoms with Gasteiger partial charge in [0.1, 0.15) is 0 Å². The summed E-state index contributed by atoms with van der Waals surface area (Å²) in [5, 5.41) is 12.0. The fourth-order valence-electron chi connectivity index (χ4n) is 2.72. The van der Waals surface area contributed by atoms with Crippen LogP contribution in [0.3, 0.4) is 0 Å². The topological polar surface area (TPSA) is 66.4 Å². The van der Waals surface area contributed by atoms with Gasteiger partial charge in [0.05, 0.1) is 5.92 Å². The molecule has 0 radical (unpaired) electrons. The average molecular weight is 275 g/mol. The smallest absolute Gasteiger partial charge is 0.308 e. The van der Waals surface area contributed by atoms with Gasteiger partial charge in [-0.25, -0.2) is 0 Å². The van der Waals surface area contributed by atoms with Gasteiger partial charge in [-0.05, 0) is 31.7 Å². The summed E-state index contributed by atoms with van der Waals surface area (Å²) >= 11 is 0. The summed E-state index contributed by atoms with van der Waals surface area (Å²) in [6.07, 6.45) is 3.41. The van der Waals surface area contributed by atoms with E-state index in [1.165, 1.54) is 5.56 Å². The van der Waals surface area contributed by atoms with E-state index >= 15 is 0 Å². The van der Waals surface area contributed by atoms with Crippen molar-refractivity contribution < 1.29 is 14.7 Å². The number of amides is 1. The molecule has 1 fully saturated rings. The molecule has 0 bridgehead atoms. The normalized spacial score (nSPS) is 21.6. The van der Waals surface area contributed by atoms with Crippen molar-refractivity contribution in [3.8, 4) is 0 Å². The molecular formula is C16H21NO3. The fourth-order valence-corrected chi connectivity index (χ4v) is 2.72. The lowest BCUT2D eigenvalue weighted by atomic mass is 10.0. The molecule has 20 heavy (non-hydrogen) atoms. The van der Waals surface area contributed by atoms with Gasteiger partial charge in [0.25, 0.3) is 0 Å². The molecule has 1 aliphatic carbocycles. The van der Waals surface area contributed by atoms with Crippen molar-refractivity contribution in [2.75, 3.05) is 0 Å². The predicted molar refractivity (Wildman–Crippen MR) is 76.4 cm³/mol. The molecule has 0 saturated heterocycles. The lowest BCUT2D eigenvalue weighted by Gasteiger charge is -2.17. The highest BCUT2D eigenvalue weighted by molar-refractivity contribution is 5.78. The Labute approximate surface area is 119 Å². The van der Waals surface area contributed by atoms with Gasteiger partial charge >= 0.3 is 5.97 Å². The molecule has 1 amide bonds. The number of hydrogen-bond donors (Lipinski definition) is 2. The predicted octanol–water partition coefficient (Wildman–Crippen LogP) is 2.30. The number of benzene rings is 1. The zero-order chi connectivity index (χ0) is 14.5. The highest BCUT2D eigenvalue weighted by Crippen LogP contribution is 2.25. The van der Waals surface area contributed by atoms with Crippen LogP contribution in [0.4, 0.5) is 0 Å². The summed E-state index contributed by atoms with van der Waals surface area (Å²) in [4.78, 5) is 23.0. The third kappa shape index (κ3) is 3.83. The van der Waals surface area contributed by atoms with Crippen LogP contribution in [0.1, 0.15) is 36.8 Å². The Bertz CT molecular complexity index is 481. The molecule has 1 aromatic carbocycles. The maximum absolute atomic E-state index is 11.9. The molecule has 2 atom stereocenters. The molecule has 1 saturated carbocycles. The van der Waals surface area contributed by atoms with Crippen LogP contribution in [0.25, 0.3) is 0 Å². The summed E-state index contributed by atoms with van der Waals surface area (Å²) in [6.45, 7) is 2.03. The molecule has 0 aromatic heterocycles. The first-order valence-corrected chi connectivity index (χ1v) is 7.14. The van der Waals surface area contributed by atoms with E-state index in [4.69, 9.17) is 5.11 Å². The minimum absolute atomic E-state index is 0.0521. The maximum Gasteiger partial charge on any atom is 0.308 e. The first kappa shape index (κ1) is 14.6. The van der Waals surface area contributed by atoms with Gasteiger partial charge in [0.15, 0.2) is 0 Å². The van der Waals surface area contributed by atoms with Crippen LogP contribution in [-0.2, 0) is 16.0 Å². The van der Waals surface area contributed by atoms with Crippen LogP contribution in [0.5, 0.6) is 0 Å². The molecule has 0 spiro atoms. The fraction of sp³-hybridized carbons (Fsp3) is 0.500. The second-order valence-electron chi connectivity index (χ2n) is 5.54. The van der Waals surface area contributed by atoms with Gasteiger partial charge in [-0.1, -0.05) is 36.2 Å². The summed E-state index contributed by atoms with van der Waals surface area (Å²) in [5.41, 5.74) is 2.33. The first-order valence-electron chi connectivity index (χ1n) is 7.14. The van der Waals surface area contributed by atoms with E-state index in [-0.39, 0.29) is 11.9 Å². The Kier molecular flexibility index (Phi) is 4.77. The van der Waals surface area contributed by atoms with Crippen LogP contribution >= 0.6 is 0 Å². The van der Waals surface area contributed by atoms with Gasteiger partial charge in [-0.3, -0.25) is 9.59 Å². The molecule has 0 heterocycles. The molecule has 108 valence electrons. The lowest BCUT2D eigenvalue weighted by Crippen LogP contribution is -2.40. The summed E-state index contributed by atoms with van der Waals surface area (Å²) in [6, 6.07) is 7.92. The second-order valence-corrected chi connectivity index (χ2v) is 5.54. The van der Waals surface area contributed by atoms with Gasteiger partial charge in [0, 0.05) is 12.5 Å². The van der Waals surface area contributed by atoms with Crippen LogP contribution in [0.15, 0.2) is 24.3 Å². The molecule has 1 aromatic rings. The summed E-state index contributed by atoms with van der Waals surface area (Å²) in [5.74, 6) is -1.27. The number of aliphatic carboxylic acids is 1. The summed E-state index contributed by atoms with van der Waals surface area (Å²) in [7, 11) is 0. The molecule has 1 aliphatic rings. The molecule has 0 aliphatic heterocycles. The average Bonchev–Trinajstić information content (AvgIpc) is 2.86. The number of carbonyl (C=O) groups is 2. The van der Waals surface area contributed by atoms with E-state index in [1.807, 2.05) is 31.2 Å². The number of aryl methyl sites for hydroxylation is 2. The number of nitrogens with one attached hydrogen (secondary N) is 1. The van der Waals surface area contributed by atoms with E-state index in [0.717, 1.165) is 18.4 Å². The Morgan fingerprint density at radius 3 is 2.60 bits per heavy atom. The summed E-state index contributed by atoms with van der Waals surface area (Å²) < 4.78 is 0. The van der Waals surface area contributed by atoms with Crippen molar-refractivity contribution in [3.63, 3.8) is 0 Å². The highest BCUT2D eigenvalue weighted by atomic mass is 16.4. The van der Waals surface area contributed by atoms with Crippen LogP contribution < -0.4 is 5.32 Å². The molecule has 2 rings (SSSR count). The van der Waals surface area contributed by atoms with E-state index in [9.17, 15) is 9.59 Å². The largest absolute Gasteiger partial charge is 0.481 e. The molecule has 2 N–H and O–H groups in total. The minimum Gasteiger partial charge on any atom is -0.481 e. The Balaban J connectivity index is 1.80. The Morgan fingerprint density at radius 1 is 1.25 bits per heavy atom. The third-order valence-electron chi connectivity index (χ3n) is 3.94. The van der Waals surface area contributed by atoms with Crippen molar-refractivity contribution in [1.29, 1.82) is 0 Å². The molecule has 4 nitrogen and oxygen atoms in total. The zero-order valence-electron chi connectivity index (χ0n) is 11.8. The Morgan fingerprint density at radius 2 is 1.95 bits per heavy atom. The van der Waals surface area contributed by atoms with Crippen molar-refractivity contribution in [2.45, 2.75) is 45.1 Å². The lowest BCUT2D eigenvalue weighted by molar-refractivity contribution is -0.142. The van der Waals surface area contributed by atoms with E-state index in [2.05, 4.69) is 5.32 Å². The number of carboxylic acid groups (broad SMARTS) is 1. The van der Waals surface area contributed by atoms with Crippen molar-refractivity contribution in [2.24, 2.45) is 5.92 Å². The molecule has 4 heteroatoms. The van der Waals surface area contributed by atoms with Gasteiger partial charge in [-0.2, -0.15) is 0 Å². The van der Waals surface area contributed by atoms with Crippen LogP contribution in [0, 0.1) is 12.8 Å². The second kappa shape index (κ2) is 6.55. The van der Waals surface area contributed by atoms with Gasteiger partial charge in [0.2, 0.25) is 5.91 Å². The van der Waals surface area contributed by atoms with Crippen molar-refractivity contribution >= 4 is 11.9 Å². The number of rotatable bonds is 5. The van der Waals surface area contributed by atoms with Crippen LogP contribution in [0.2, 0.25) is 0 Å². The van der Waals surface area contributed by atoms with Crippen molar-refractivity contribution in [3.05, 3.63) is 35.4 Å². The molecular weight excluding hydrogens is 254 g/mol. The van der Waals surface area contributed by atoms with E-state index in [0.29, 0.717) is 19.3 Å². The molecule has 2 unspecified atom stereocenters.